The zero-order valence-corrected chi connectivity index (χ0v) is 28.3. The van der Waals surface area contributed by atoms with Gasteiger partial charge in [0.2, 0.25) is 5.60 Å². The normalized spacial score (nSPS) is 13.2. The molecule has 0 saturated carbocycles. The Bertz CT molecular complexity index is 668. The van der Waals surface area contributed by atoms with Crippen LogP contribution in [0.25, 0.3) is 0 Å². The lowest BCUT2D eigenvalue weighted by atomic mass is 9.88. The molecular weight excluding hydrogens is 520 g/mol. The summed E-state index contributed by atoms with van der Waals surface area (Å²) < 4.78 is 5.11. The second kappa shape index (κ2) is 31.0. The van der Waals surface area contributed by atoms with Gasteiger partial charge in [-0.3, -0.25) is 4.79 Å². The van der Waals surface area contributed by atoms with Crippen LogP contribution in [0.1, 0.15) is 194 Å². The summed E-state index contributed by atoms with van der Waals surface area (Å²) in [5.41, 5.74) is -1.97. The summed E-state index contributed by atoms with van der Waals surface area (Å²) in [6.45, 7) is 6.40. The molecule has 42 heavy (non-hydrogen) atoms. The maximum absolute atomic E-state index is 12.9. The number of rotatable bonds is 32. The number of unbranched alkanes of at least 4 members (excludes halogenated alkanes) is 21. The molecule has 0 aliphatic rings. The zero-order valence-electron chi connectivity index (χ0n) is 28.3. The van der Waals surface area contributed by atoms with Crippen LogP contribution in [0.3, 0.4) is 0 Å². The molecule has 0 aromatic heterocycles. The fourth-order valence-electron chi connectivity index (χ4n) is 5.48. The van der Waals surface area contributed by atoms with Crippen LogP contribution in [0.2, 0.25) is 0 Å². The topological polar surface area (TPSA) is 63.6 Å². The zero-order chi connectivity index (χ0) is 31.0. The van der Waals surface area contributed by atoms with Gasteiger partial charge >= 0.3 is 5.97 Å². The number of carbonyl (C=O) groups excluding carboxylic acids is 2. The van der Waals surface area contributed by atoms with Gasteiger partial charge in [0, 0.05) is 6.42 Å². The Morgan fingerprint density at radius 3 is 1.45 bits per heavy atom. The minimum atomic E-state index is -1.97. The molecule has 0 bridgehead atoms. The number of aliphatic hydroxyl groups is 1. The van der Waals surface area contributed by atoms with Gasteiger partial charge in [-0.1, -0.05) is 154 Å². The summed E-state index contributed by atoms with van der Waals surface area (Å²) in [7, 11) is 0. The third kappa shape index (κ3) is 24.1. The summed E-state index contributed by atoms with van der Waals surface area (Å²) in [5, 5.41) is 11.0. The van der Waals surface area contributed by atoms with Crippen molar-refractivity contribution >= 4 is 11.8 Å². The van der Waals surface area contributed by atoms with Gasteiger partial charge in [0.1, 0.15) is 0 Å². The Morgan fingerprint density at radius 1 is 0.548 bits per heavy atom. The summed E-state index contributed by atoms with van der Waals surface area (Å²) in [5.74, 6) is -1.12. The van der Waals surface area contributed by atoms with Crippen molar-refractivity contribution in [1.82, 2.24) is 0 Å². The van der Waals surface area contributed by atoms with E-state index in [2.05, 4.69) is 38.2 Å². The molecule has 0 spiro atoms. The van der Waals surface area contributed by atoms with Gasteiger partial charge < -0.3 is 9.84 Å². The molecule has 0 rings (SSSR count). The molecular formula is C38H70O4. The van der Waals surface area contributed by atoms with Crippen LogP contribution in [-0.2, 0) is 14.3 Å². The van der Waals surface area contributed by atoms with E-state index in [1.54, 1.807) is 6.92 Å². The molecule has 0 amide bonds. The largest absolute Gasteiger partial charge is 0.464 e. The lowest BCUT2D eigenvalue weighted by Gasteiger charge is -2.24. The summed E-state index contributed by atoms with van der Waals surface area (Å²) in [6, 6.07) is 0. The van der Waals surface area contributed by atoms with Crippen molar-refractivity contribution in [3.8, 4) is 0 Å². The van der Waals surface area contributed by atoms with Crippen molar-refractivity contribution in [2.45, 2.75) is 200 Å². The molecule has 0 aliphatic carbocycles. The van der Waals surface area contributed by atoms with Crippen molar-refractivity contribution in [1.29, 1.82) is 0 Å². The highest BCUT2D eigenvalue weighted by atomic mass is 16.5. The number of esters is 1. The summed E-state index contributed by atoms with van der Waals surface area (Å²) in [4.78, 5) is 25.4. The summed E-state index contributed by atoms with van der Waals surface area (Å²) >= 11 is 0. The first kappa shape index (κ1) is 40.6. The van der Waals surface area contributed by atoms with Crippen LogP contribution in [0.15, 0.2) is 24.3 Å². The third-order valence-electron chi connectivity index (χ3n) is 8.32. The number of hydrogen-bond acceptors (Lipinski definition) is 4. The Hall–Kier alpha value is -1.42. The SMILES string of the molecule is CCCCC/C=C\C/C=C\CCCCCCCC(=O)C(O)(CCCCCCCCCCCCCCCC)C(=O)OCC. The van der Waals surface area contributed by atoms with Crippen LogP contribution in [-0.4, -0.2) is 29.1 Å². The van der Waals surface area contributed by atoms with Crippen molar-refractivity contribution < 1.29 is 19.4 Å². The van der Waals surface area contributed by atoms with Gasteiger partial charge in [-0.2, -0.15) is 0 Å². The van der Waals surface area contributed by atoms with Gasteiger partial charge in [0.15, 0.2) is 5.78 Å². The predicted molar refractivity (Wildman–Crippen MR) is 181 cm³/mol. The Morgan fingerprint density at radius 2 is 0.952 bits per heavy atom. The average Bonchev–Trinajstić information content (AvgIpc) is 2.99. The highest BCUT2D eigenvalue weighted by Crippen LogP contribution is 2.23. The minimum Gasteiger partial charge on any atom is -0.464 e. The molecule has 4 heteroatoms. The average molecular weight is 591 g/mol. The van der Waals surface area contributed by atoms with Crippen LogP contribution in [0.5, 0.6) is 0 Å². The first-order valence-corrected chi connectivity index (χ1v) is 18.3. The molecule has 1 N–H and O–H groups in total. The van der Waals surface area contributed by atoms with Crippen LogP contribution in [0, 0.1) is 0 Å². The van der Waals surface area contributed by atoms with Crippen LogP contribution < -0.4 is 0 Å². The van der Waals surface area contributed by atoms with Crippen molar-refractivity contribution in [3.05, 3.63) is 24.3 Å². The molecule has 246 valence electrons. The Labute approximate surface area is 261 Å². The maximum atomic E-state index is 12.9. The highest BCUT2D eigenvalue weighted by Gasteiger charge is 2.43. The third-order valence-corrected chi connectivity index (χ3v) is 8.32. The molecule has 1 unspecified atom stereocenters. The van der Waals surface area contributed by atoms with Gasteiger partial charge in [0.05, 0.1) is 6.61 Å². The quantitative estimate of drug-likeness (QED) is 0.0366. The number of hydrogen-bond donors (Lipinski definition) is 1. The number of Topliss-reactive ketones (excluding diaryl/α,β-unsaturated/α-hetero) is 1. The first-order valence-electron chi connectivity index (χ1n) is 18.3. The number of allylic oxidation sites excluding steroid dienone is 4. The molecule has 1 atom stereocenters. The van der Waals surface area contributed by atoms with E-state index < -0.39 is 11.6 Å². The standard InChI is InChI=1S/C38H70O4/c1-4-7-9-11-13-15-17-19-21-22-24-26-28-30-32-34-36(39)38(41,37(40)42-6-3)35-33-31-29-27-25-23-20-18-16-14-12-10-8-5-2/h13,15,19,21,41H,4-12,14,16-18,20,22-35H2,1-3H3/b15-13-,21-19-. The number of ether oxygens (including phenoxy) is 1. The van der Waals surface area contributed by atoms with E-state index in [4.69, 9.17) is 4.74 Å². The molecule has 0 aromatic carbocycles. The first-order chi connectivity index (χ1) is 20.5. The fourth-order valence-corrected chi connectivity index (χ4v) is 5.48. The Kier molecular flexibility index (Phi) is 30.0. The van der Waals surface area contributed by atoms with Crippen LogP contribution in [0.4, 0.5) is 0 Å². The minimum absolute atomic E-state index is 0.177. The van der Waals surface area contributed by atoms with Gasteiger partial charge in [0.25, 0.3) is 0 Å². The van der Waals surface area contributed by atoms with Crippen LogP contribution >= 0.6 is 0 Å². The lowest BCUT2D eigenvalue weighted by molar-refractivity contribution is -0.171. The van der Waals surface area contributed by atoms with Gasteiger partial charge in [-0.15, -0.1) is 0 Å². The van der Waals surface area contributed by atoms with Gasteiger partial charge in [-0.05, 0) is 58.3 Å². The fraction of sp³-hybridized carbons (Fsp3) is 0.842. The molecule has 0 radical (unpaired) electrons. The summed E-state index contributed by atoms with van der Waals surface area (Å²) in [6.07, 6.45) is 39.2. The molecule has 0 aliphatic heterocycles. The molecule has 0 fully saturated rings. The highest BCUT2D eigenvalue weighted by molar-refractivity contribution is 6.06. The van der Waals surface area contributed by atoms with Gasteiger partial charge in [-0.25, -0.2) is 4.79 Å². The lowest BCUT2D eigenvalue weighted by Crippen LogP contribution is -2.47. The van der Waals surface area contributed by atoms with Crippen molar-refractivity contribution in [2.75, 3.05) is 6.61 Å². The predicted octanol–water partition coefficient (Wildman–Crippen LogP) is 11.5. The van der Waals surface area contributed by atoms with E-state index >= 15 is 0 Å². The molecule has 0 aromatic rings. The monoisotopic (exact) mass is 591 g/mol. The maximum Gasteiger partial charge on any atom is 0.345 e. The second-order valence-electron chi connectivity index (χ2n) is 12.3. The van der Waals surface area contributed by atoms with E-state index in [0.717, 1.165) is 57.8 Å². The molecule has 4 nitrogen and oxygen atoms in total. The number of ketones is 1. The smallest absolute Gasteiger partial charge is 0.345 e. The second-order valence-corrected chi connectivity index (χ2v) is 12.3. The van der Waals surface area contributed by atoms with E-state index in [9.17, 15) is 14.7 Å². The molecule has 0 heterocycles. The Balaban J connectivity index is 3.99. The molecule has 0 saturated heterocycles. The number of carbonyl (C=O) groups is 2. The van der Waals surface area contributed by atoms with Crippen molar-refractivity contribution in [2.24, 2.45) is 0 Å². The van der Waals surface area contributed by atoms with Crippen molar-refractivity contribution in [3.63, 3.8) is 0 Å². The van der Waals surface area contributed by atoms with E-state index in [1.807, 2.05) is 0 Å². The van der Waals surface area contributed by atoms with E-state index in [0.29, 0.717) is 6.42 Å². The van der Waals surface area contributed by atoms with E-state index in [1.165, 1.54) is 96.3 Å². The van der Waals surface area contributed by atoms with E-state index in [-0.39, 0.29) is 25.2 Å².